The molecular formula is C20H21ClN2O6. The van der Waals surface area contributed by atoms with Crippen LogP contribution in [0.5, 0.6) is 11.5 Å². The Kier molecular flexibility index (Phi) is 8.29. The van der Waals surface area contributed by atoms with E-state index in [1.54, 1.807) is 30.3 Å². The summed E-state index contributed by atoms with van der Waals surface area (Å²) in [6.07, 6.45) is 0.485. The lowest BCUT2D eigenvalue weighted by molar-refractivity contribution is -0.148. The fourth-order valence-electron chi connectivity index (χ4n) is 2.38. The largest absolute Gasteiger partial charge is 0.493 e. The maximum absolute atomic E-state index is 11.9. The van der Waals surface area contributed by atoms with Gasteiger partial charge in [0, 0.05) is 6.42 Å². The van der Waals surface area contributed by atoms with Gasteiger partial charge in [-0.15, -0.1) is 0 Å². The zero-order chi connectivity index (χ0) is 21.2. The van der Waals surface area contributed by atoms with E-state index in [-0.39, 0.29) is 17.0 Å². The number of carbonyl (C=O) groups is 3. The van der Waals surface area contributed by atoms with Crippen LogP contribution in [0, 0.1) is 0 Å². The van der Waals surface area contributed by atoms with Gasteiger partial charge in [-0.05, 0) is 36.2 Å². The normalized spacial score (nSPS) is 10.0. The van der Waals surface area contributed by atoms with E-state index in [1.807, 2.05) is 6.07 Å². The molecule has 2 amide bonds. The number of carbonyl (C=O) groups excluding carboxylic acids is 3. The van der Waals surface area contributed by atoms with Crippen LogP contribution in [0.25, 0.3) is 0 Å². The molecule has 0 aromatic heterocycles. The first-order valence-corrected chi connectivity index (χ1v) is 9.02. The lowest BCUT2D eigenvalue weighted by atomic mass is 10.1. The number of hydrogen-bond donors (Lipinski definition) is 2. The van der Waals surface area contributed by atoms with Crippen molar-refractivity contribution in [2.75, 3.05) is 20.8 Å². The number of hydrazine groups is 1. The van der Waals surface area contributed by atoms with Crippen LogP contribution < -0.4 is 20.3 Å². The molecule has 0 atom stereocenters. The summed E-state index contributed by atoms with van der Waals surface area (Å²) in [5.41, 5.74) is 5.43. The standard InChI is InChI=1S/C20H21ClN2O6/c1-27-16-9-7-13(11-17(16)28-2)8-10-19(25)29-12-18(24)22-23-20(26)14-5-3-4-6-15(14)21/h3-7,9,11H,8,10,12H2,1-2H3,(H,22,24)(H,23,26). The summed E-state index contributed by atoms with van der Waals surface area (Å²) in [7, 11) is 3.07. The molecule has 2 rings (SSSR count). The Bertz CT molecular complexity index is 887. The zero-order valence-corrected chi connectivity index (χ0v) is 16.7. The van der Waals surface area contributed by atoms with Crippen molar-refractivity contribution in [3.8, 4) is 11.5 Å². The van der Waals surface area contributed by atoms with Gasteiger partial charge < -0.3 is 14.2 Å². The Morgan fingerprint density at radius 2 is 1.69 bits per heavy atom. The van der Waals surface area contributed by atoms with E-state index in [4.69, 9.17) is 25.8 Å². The van der Waals surface area contributed by atoms with Crippen LogP contribution in [0.2, 0.25) is 5.02 Å². The van der Waals surface area contributed by atoms with Crippen LogP contribution in [0.1, 0.15) is 22.3 Å². The van der Waals surface area contributed by atoms with E-state index in [0.29, 0.717) is 17.9 Å². The molecule has 0 radical (unpaired) electrons. The minimum Gasteiger partial charge on any atom is -0.493 e. The maximum Gasteiger partial charge on any atom is 0.306 e. The van der Waals surface area contributed by atoms with Crippen LogP contribution in [0.4, 0.5) is 0 Å². The molecule has 2 N–H and O–H groups in total. The highest BCUT2D eigenvalue weighted by Gasteiger charge is 2.12. The number of aryl methyl sites for hydroxylation is 1. The van der Waals surface area contributed by atoms with Crippen molar-refractivity contribution >= 4 is 29.4 Å². The molecule has 9 heteroatoms. The predicted octanol–water partition coefficient (Wildman–Crippen LogP) is 2.29. The Morgan fingerprint density at radius 3 is 2.38 bits per heavy atom. The number of ether oxygens (including phenoxy) is 3. The topological polar surface area (TPSA) is 103 Å². The van der Waals surface area contributed by atoms with Crippen molar-refractivity contribution in [2.45, 2.75) is 12.8 Å². The van der Waals surface area contributed by atoms with Crippen molar-refractivity contribution in [3.05, 3.63) is 58.6 Å². The molecule has 0 aliphatic heterocycles. The molecule has 0 bridgehead atoms. The fraction of sp³-hybridized carbons (Fsp3) is 0.250. The predicted molar refractivity (Wildman–Crippen MR) is 106 cm³/mol. The SMILES string of the molecule is COc1ccc(CCC(=O)OCC(=O)NNC(=O)c2ccccc2Cl)cc1OC. The number of halogens is 1. The second-order valence-corrected chi connectivity index (χ2v) is 6.24. The smallest absolute Gasteiger partial charge is 0.306 e. The molecule has 8 nitrogen and oxygen atoms in total. The maximum atomic E-state index is 11.9. The van der Waals surface area contributed by atoms with Gasteiger partial charge in [0.2, 0.25) is 0 Å². The van der Waals surface area contributed by atoms with Gasteiger partial charge in [-0.3, -0.25) is 25.2 Å². The molecule has 0 saturated carbocycles. The van der Waals surface area contributed by atoms with Gasteiger partial charge in [0.1, 0.15) is 0 Å². The lowest BCUT2D eigenvalue weighted by Crippen LogP contribution is -2.43. The minimum atomic E-state index is -0.676. The van der Waals surface area contributed by atoms with Crippen LogP contribution in [-0.2, 0) is 20.7 Å². The number of benzene rings is 2. The second-order valence-electron chi connectivity index (χ2n) is 5.83. The average Bonchev–Trinajstić information content (AvgIpc) is 2.74. The summed E-state index contributed by atoms with van der Waals surface area (Å²) >= 11 is 5.90. The highest BCUT2D eigenvalue weighted by molar-refractivity contribution is 6.33. The van der Waals surface area contributed by atoms with Crippen LogP contribution in [0.3, 0.4) is 0 Å². The van der Waals surface area contributed by atoms with Gasteiger partial charge in [-0.2, -0.15) is 0 Å². The summed E-state index contributed by atoms with van der Waals surface area (Å²) < 4.78 is 15.3. The Balaban J connectivity index is 1.73. The highest BCUT2D eigenvalue weighted by atomic mass is 35.5. The van der Waals surface area contributed by atoms with Gasteiger partial charge in [0.25, 0.3) is 11.8 Å². The highest BCUT2D eigenvalue weighted by Crippen LogP contribution is 2.27. The van der Waals surface area contributed by atoms with Crippen molar-refractivity contribution in [3.63, 3.8) is 0 Å². The van der Waals surface area contributed by atoms with Crippen molar-refractivity contribution < 1.29 is 28.6 Å². The van der Waals surface area contributed by atoms with E-state index >= 15 is 0 Å². The quantitative estimate of drug-likeness (QED) is 0.501. The Morgan fingerprint density at radius 1 is 0.966 bits per heavy atom. The first kappa shape index (κ1) is 22.0. The lowest BCUT2D eigenvalue weighted by Gasteiger charge is -2.10. The summed E-state index contributed by atoms with van der Waals surface area (Å²) in [4.78, 5) is 35.5. The number of methoxy groups -OCH3 is 2. The molecule has 0 heterocycles. The molecule has 0 aliphatic carbocycles. The van der Waals surface area contributed by atoms with Crippen LogP contribution >= 0.6 is 11.6 Å². The minimum absolute atomic E-state index is 0.0781. The number of hydrogen-bond acceptors (Lipinski definition) is 6. The summed E-state index contributed by atoms with van der Waals surface area (Å²) in [6.45, 7) is -0.520. The van der Waals surface area contributed by atoms with Crippen LogP contribution in [-0.4, -0.2) is 38.6 Å². The molecule has 0 unspecified atom stereocenters. The molecule has 2 aromatic carbocycles. The Hall–Kier alpha value is -3.26. The molecule has 0 aliphatic rings. The first-order chi connectivity index (χ1) is 13.9. The molecule has 29 heavy (non-hydrogen) atoms. The van der Waals surface area contributed by atoms with E-state index in [9.17, 15) is 14.4 Å². The summed E-state index contributed by atoms with van der Waals surface area (Å²) in [5.74, 6) is -0.651. The fourth-order valence-corrected chi connectivity index (χ4v) is 2.60. The first-order valence-electron chi connectivity index (χ1n) is 8.64. The zero-order valence-electron chi connectivity index (χ0n) is 16.0. The van der Waals surface area contributed by atoms with Crippen LogP contribution in [0.15, 0.2) is 42.5 Å². The molecule has 0 spiro atoms. The molecule has 2 aromatic rings. The van der Waals surface area contributed by atoms with Gasteiger partial charge in [0.15, 0.2) is 18.1 Å². The van der Waals surface area contributed by atoms with E-state index < -0.39 is 24.4 Å². The van der Waals surface area contributed by atoms with E-state index in [2.05, 4.69) is 10.9 Å². The van der Waals surface area contributed by atoms with Gasteiger partial charge >= 0.3 is 5.97 Å². The second kappa shape index (κ2) is 10.9. The molecular weight excluding hydrogens is 400 g/mol. The molecule has 0 fully saturated rings. The summed E-state index contributed by atoms with van der Waals surface area (Å²) in [6, 6.07) is 11.7. The Labute approximate surface area is 173 Å². The number of rotatable bonds is 8. The number of esters is 1. The number of amides is 2. The van der Waals surface area contributed by atoms with E-state index in [1.165, 1.54) is 20.3 Å². The third-order valence-corrected chi connectivity index (χ3v) is 4.19. The van der Waals surface area contributed by atoms with Crippen molar-refractivity contribution in [1.29, 1.82) is 0 Å². The molecule has 0 saturated heterocycles. The summed E-state index contributed by atoms with van der Waals surface area (Å²) in [5, 5.41) is 0.251. The van der Waals surface area contributed by atoms with Gasteiger partial charge in [-0.25, -0.2) is 0 Å². The van der Waals surface area contributed by atoms with Gasteiger partial charge in [0.05, 0.1) is 24.8 Å². The molecule has 154 valence electrons. The monoisotopic (exact) mass is 420 g/mol. The van der Waals surface area contributed by atoms with Crippen molar-refractivity contribution in [2.24, 2.45) is 0 Å². The third kappa shape index (κ3) is 6.69. The van der Waals surface area contributed by atoms with E-state index in [0.717, 1.165) is 5.56 Å². The van der Waals surface area contributed by atoms with Crippen molar-refractivity contribution in [1.82, 2.24) is 10.9 Å². The number of nitrogens with one attached hydrogen (secondary N) is 2. The average molecular weight is 421 g/mol. The third-order valence-electron chi connectivity index (χ3n) is 3.86. The van der Waals surface area contributed by atoms with Gasteiger partial charge in [-0.1, -0.05) is 29.8 Å².